The molecule has 0 aliphatic heterocycles. The van der Waals surface area contributed by atoms with Crippen molar-refractivity contribution < 1.29 is 9.72 Å². The largest absolute Gasteiger partial charge is 0.351 e. The van der Waals surface area contributed by atoms with Crippen molar-refractivity contribution in [1.29, 1.82) is 0 Å². The van der Waals surface area contributed by atoms with E-state index in [2.05, 4.69) is 5.32 Å². The summed E-state index contributed by atoms with van der Waals surface area (Å²) in [6.07, 6.45) is 0.654. The predicted octanol–water partition coefficient (Wildman–Crippen LogP) is 3.22. The maximum atomic E-state index is 12.0. The smallest absolute Gasteiger partial charge is 0.300 e. The molecule has 21 heavy (non-hydrogen) atoms. The first-order valence-corrected chi connectivity index (χ1v) is 6.72. The zero-order valence-corrected chi connectivity index (χ0v) is 11.8. The van der Waals surface area contributed by atoms with Gasteiger partial charge < -0.3 is 5.32 Å². The molecular formula is C15H13ClN2O3. The van der Waals surface area contributed by atoms with Gasteiger partial charge in [-0.05, 0) is 24.1 Å². The molecule has 0 aliphatic carbocycles. The summed E-state index contributed by atoms with van der Waals surface area (Å²) in [6, 6.07) is 13.9. The lowest BCUT2D eigenvalue weighted by Gasteiger charge is -2.06. The van der Waals surface area contributed by atoms with E-state index in [1.54, 1.807) is 0 Å². The standard InChI is InChI=1S/C15H13ClN2O3/c16-13-8-4-7-12(14(13)18(20)21)15(19)17-10-9-11-5-2-1-3-6-11/h1-8H,9-10H2,(H,17,19). The molecule has 1 amide bonds. The molecule has 1 N–H and O–H groups in total. The summed E-state index contributed by atoms with van der Waals surface area (Å²) in [5, 5.41) is 13.6. The number of nitrogens with one attached hydrogen (secondary N) is 1. The van der Waals surface area contributed by atoms with E-state index >= 15 is 0 Å². The van der Waals surface area contributed by atoms with E-state index in [-0.39, 0.29) is 16.3 Å². The molecule has 2 rings (SSSR count). The van der Waals surface area contributed by atoms with E-state index in [1.807, 2.05) is 30.3 Å². The maximum Gasteiger partial charge on any atom is 0.300 e. The van der Waals surface area contributed by atoms with Crippen LogP contribution in [0.2, 0.25) is 5.02 Å². The molecule has 0 saturated carbocycles. The fraction of sp³-hybridized carbons (Fsp3) is 0.133. The lowest BCUT2D eigenvalue weighted by Crippen LogP contribution is -2.26. The monoisotopic (exact) mass is 304 g/mol. The lowest BCUT2D eigenvalue weighted by molar-refractivity contribution is -0.385. The fourth-order valence-electron chi connectivity index (χ4n) is 1.94. The van der Waals surface area contributed by atoms with Crippen LogP contribution in [-0.4, -0.2) is 17.4 Å². The summed E-state index contributed by atoms with van der Waals surface area (Å²) in [5.41, 5.74) is 0.690. The van der Waals surface area contributed by atoms with Gasteiger partial charge in [0.25, 0.3) is 5.91 Å². The van der Waals surface area contributed by atoms with Crippen LogP contribution < -0.4 is 5.32 Å². The van der Waals surface area contributed by atoms with Gasteiger partial charge in [-0.15, -0.1) is 0 Å². The Kier molecular flexibility index (Phi) is 4.90. The summed E-state index contributed by atoms with van der Waals surface area (Å²) in [7, 11) is 0. The quantitative estimate of drug-likeness (QED) is 0.681. The van der Waals surface area contributed by atoms with E-state index in [4.69, 9.17) is 11.6 Å². The van der Waals surface area contributed by atoms with Crippen molar-refractivity contribution in [1.82, 2.24) is 5.32 Å². The molecule has 6 heteroatoms. The van der Waals surface area contributed by atoms with Gasteiger partial charge in [0.2, 0.25) is 0 Å². The van der Waals surface area contributed by atoms with Gasteiger partial charge >= 0.3 is 5.69 Å². The Morgan fingerprint density at radius 2 is 1.86 bits per heavy atom. The van der Waals surface area contributed by atoms with E-state index in [1.165, 1.54) is 18.2 Å². The number of hydrogen-bond donors (Lipinski definition) is 1. The minimum atomic E-state index is -0.644. The summed E-state index contributed by atoms with van der Waals surface area (Å²) in [6.45, 7) is 0.395. The predicted molar refractivity (Wildman–Crippen MR) is 80.6 cm³/mol. The molecule has 0 spiro atoms. The molecule has 0 unspecified atom stereocenters. The lowest BCUT2D eigenvalue weighted by atomic mass is 10.1. The van der Waals surface area contributed by atoms with Crippen LogP contribution in [0.25, 0.3) is 0 Å². The molecule has 0 fully saturated rings. The van der Waals surface area contributed by atoms with Gasteiger partial charge in [-0.2, -0.15) is 0 Å². The zero-order chi connectivity index (χ0) is 15.2. The summed E-state index contributed by atoms with van der Waals surface area (Å²) in [5.74, 6) is -0.500. The molecule has 0 aromatic heterocycles. The van der Waals surface area contributed by atoms with Crippen molar-refractivity contribution in [2.24, 2.45) is 0 Å². The van der Waals surface area contributed by atoms with Crippen LogP contribution in [0.5, 0.6) is 0 Å². The van der Waals surface area contributed by atoms with E-state index in [0.29, 0.717) is 13.0 Å². The molecule has 0 heterocycles. The van der Waals surface area contributed by atoms with Crippen LogP contribution >= 0.6 is 11.6 Å². The van der Waals surface area contributed by atoms with Crippen molar-refractivity contribution in [3.8, 4) is 0 Å². The SMILES string of the molecule is O=C(NCCc1ccccc1)c1cccc(Cl)c1[N+](=O)[O-]. The maximum absolute atomic E-state index is 12.0. The minimum absolute atomic E-state index is 0.0273. The van der Waals surface area contributed by atoms with Crippen LogP contribution in [0, 0.1) is 10.1 Å². The summed E-state index contributed by atoms with van der Waals surface area (Å²) < 4.78 is 0. The highest BCUT2D eigenvalue weighted by Crippen LogP contribution is 2.27. The molecule has 2 aromatic carbocycles. The van der Waals surface area contributed by atoms with Crippen molar-refractivity contribution >= 4 is 23.2 Å². The van der Waals surface area contributed by atoms with Crippen LogP contribution in [-0.2, 0) is 6.42 Å². The second kappa shape index (κ2) is 6.85. The van der Waals surface area contributed by atoms with Gasteiger partial charge in [0.15, 0.2) is 0 Å². The summed E-state index contributed by atoms with van der Waals surface area (Å²) >= 11 is 5.78. The Labute approximate surface area is 126 Å². The second-order valence-corrected chi connectivity index (χ2v) is 4.79. The number of hydrogen-bond acceptors (Lipinski definition) is 3. The third-order valence-corrected chi connectivity index (χ3v) is 3.26. The molecular weight excluding hydrogens is 292 g/mol. The van der Waals surface area contributed by atoms with Gasteiger partial charge in [0.05, 0.1) is 4.92 Å². The number of para-hydroxylation sites is 1. The Morgan fingerprint density at radius 1 is 1.14 bits per heavy atom. The average molecular weight is 305 g/mol. The van der Waals surface area contributed by atoms with Gasteiger partial charge in [0.1, 0.15) is 10.6 Å². The van der Waals surface area contributed by atoms with Gasteiger partial charge in [-0.3, -0.25) is 14.9 Å². The molecule has 5 nitrogen and oxygen atoms in total. The molecule has 108 valence electrons. The Hall–Kier alpha value is -2.40. The Bertz CT molecular complexity index is 659. The van der Waals surface area contributed by atoms with Crippen molar-refractivity contribution in [3.05, 3.63) is 74.8 Å². The molecule has 0 atom stereocenters. The molecule has 0 saturated heterocycles. The van der Waals surface area contributed by atoms with Crippen molar-refractivity contribution in [2.75, 3.05) is 6.54 Å². The van der Waals surface area contributed by atoms with Gasteiger partial charge in [0, 0.05) is 6.54 Å². The third kappa shape index (κ3) is 3.79. The number of nitro groups is 1. The molecule has 2 aromatic rings. The first-order valence-electron chi connectivity index (χ1n) is 6.34. The van der Waals surface area contributed by atoms with E-state index in [9.17, 15) is 14.9 Å². The number of carbonyl (C=O) groups is 1. The Balaban J connectivity index is 2.04. The van der Waals surface area contributed by atoms with Gasteiger partial charge in [-0.1, -0.05) is 48.0 Å². The van der Waals surface area contributed by atoms with E-state index in [0.717, 1.165) is 5.56 Å². The number of halogens is 1. The Morgan fingerprint density at radius 3 is 2.52 bits per heavy atom. The highest BCUT2D eigenvalue weighted by molar-refractivity contribution is 6.33. The first kappa shape index (κ1) is 15.0. The minimum Gasteiger partial charge on any atom is -0.351 e. The highest BCUT2D eigenvalue weighted by Gasteiger charge is 2.23. The fourth-order valence-corrected chi connectivity index (χ4v) is 2.19. The summed E-state index contributed by atoms with van der Waals surface area (Å²) in [4.78, 5) is 22.4. The zero-order valence-electron chi connectivity index (χ0n) is 11.1. The van der Waals surface area contributed by atoms with Crippen LogP contribution in [0.4, 0.5) is 5.69 Å². The van der Waals surface area contributed by atoms with E-state index < -0.39 is 10.8 Å². The average Bonchev–Trinajstić information content (AvgIpc) is 2.47. The number of rotatable bonds is 5. The van der Waals surface area contributed by atoms with Crippen LogP contribution in [0.3, 0.4) is 0 Å². The number of carbonyl (C=O) groups excluding carboxylic acids is 1. The van der Waals surface area contributed by atoms with Crippen LogP contribution in [0.1, 0.15) is 15.9 Å². The number of amides is 1. The molecule has 0 aliphatic rings. The first-order chi connectivity index (χ1) is 10.1. The molecule has 0 bridgehead atoms. The topological polar surface area (TPSA) is 72.2 Å². The highest BCUT2D eigenvalue weighted by atomic mass is 35.5. The number of nitrogens with zero attached hydrogens (tertiary/aromatic N) is 1. The number of nitro benzene ring substituents is 1. The second-order valence-electron chi connectivity index (χ2n) is 4.38. The number of benzene rings is 2. The van der Waals surface area contributed by atoms with Crippen molar-refractivity contribution in [3.63, 3.8) is 0 Å². The third-order valence-electron chi connectivity index (χ3n) is 2.96. The van der Waals surface area contributed by atoms with Gasteiger partial charge in [-0.25, -0.2) is 0 Å². The van der Waals surface area contributed by atoms with Crippen LogP contribution in [0.15, 0.2) is 48.5 Å². The molecule has 0 radical (unpaired) electrons. The van der Waals surface area contributed by atoms with Crippen molar-refractivity contribution in [2.45, 2.75) is 6.42 Å². The normalized spacial score (nSPS) is 10.1.